The van der Waals surface area contributed by atoms with Crippen LogP contribution in [0.25, 0.3) is 0 Å². The molecule has 0 bridgehead atoms. The molecule has 3 nitrogen and oxygen atoms in total. The number of benzene rings is 1. The average Bonchev–Trinajstić information content (AvgIpc) is 2.27. The van der Waals surface area contributed by atoms with E-state index in [1.165, 1.54) is 0 Å². The van der Waals surface area contributed by atoms with Crippen LogP contribution in [-0.4, -0.2) is 23.6 Å². The van der Waals surface area contributed by atoms with Crippen molar-refractivity contribution in [3.63, 3.8) is 0 Å². The molecule has 0 fully saturated rings. The number of alkyl halides is 8. The van der Waals surface area contributed by atoms with E-state index in [9.17, 15) is 40.2 Å². The summed E-state index contributed by atoms with van der Waals surface area (Å²) in [5.41, 5.74) is 3.49. The summed E-state index contributed by atoms with van der Waals surface area (Å²) in [7, 11) is 0. The number of phenolic OH excluding ortho intramolecular Hbond substituents is 1. The van der Waals surface area contributed by atoms with E-state index in [1.54, 1.807) is 0 Å². The third-order valence-electron chi connectivity index (χ3n) is 2.34. The van der Waals surface area contributed by atoms with Crippen molar-refractivity contribution in [2.24, 2.45) is 5.73 Å². The van der Waals surface area contributed by atoms with E-state index in [1.807, 2.05) is 0 Å². The van der Waals surface area contributed by atoms with Crippen LogP contribution in [0.5, 0.6) is 11.5 Å². The minimum absolute atomic E-state index is 0.160. The summed E-state index contributed by atoms with van der Waals surface area (Å²) in [5, 5.41) is 9.22. The van der Waals surface area contributed by atoms with Crippen LogP contribution in [0.15, 0.2) is 18.2 Å². The van der Waals surface area contributed by atoms with E-state index in [2.05, 4.69) is 4.74 Å². The second-order valence-corrected chi connectivity index (χ2v) is 3.87. The zero-order chi connectivity index (χ0) is 16.6. The summed E-state index contributed by atoms with van der Waals surface area (Å²) < 4.78 is 102. The molecule has 0 saturated heterocycles. The van der Waals surface area contributed by atoms with Crippen molar-refractivity contribution in [3.05, 3.63) is 23.8 Å². The number of hydrogen-bond donors (Lipinski definition) is 2. The summed E-state index contributed by atoms with van der Waals surface area (Å²) in [6.45, 7) is 0. The Labute approximate surface area is 111 Å². The van der Waals surface area contributed by atoms with Crippen molar-refractivity contribution >= 4 is 0 Å². The predicted molar refractivity (Wildman–Crippen MR) is 52.7 cm³/mol. The molecule has 11 heteroatoms. The van der Waals surface area contributed by atoms with Crippen LogP contribution >= 0.6 is 0 Å². The molecule has 0 saturated carbocycles. The molecule has 0 radical (unpaired) electrons. The maximum Gasteiger partial charge on any atom is 0.573 e. The summed E-state index contributed by atoms with van der Waals surface area (Å²) >= 11 is 0. The molecule has 3 N–H and O–H groups in total. The van der Waals surface area contributed by atoms with Crippen LogP contribution in [0.4, 0.5) is 35.1 Å². The zero-order valence-electron chi connectivity index (χ0n) is 9.77. The van der Waals surface area contributed by atoms with Crippen molar-refractivity contribution in [3.8, 4) is 11.5 Å². The molecular weight excluding hydrogens is 318 g/mol. The summed E-state index contributed by atoms with van der Waals surface area (Å²) in [5.74, 6) is -7.67. The van der Waals surface area contributed by atoms with Crippen LogP contribution < -0.4 is 10.5 Å². The zero-order valence-corrected chi connectivity index (χ0v) is 9.77. The van der Waals surface area contributed by atoms with Gasteiger partial charge in [-0.2, -0.15) is 22.0 Å². The molecule has 1 atom stereocenters. The number of halogens is 8. The fourth-order valence-electron chi connectivity index (χ4n) is 1.35. The molecular formula is C10H7F8NO2. The Balaban J connectivity index is 3.21. The van der Waals surface area contributed by atoms with Gasteiger partial charge in [-0.05, 0) is 18.2 Å². The van der Waals surface area contributed by atoms with Gasteiger partial charge in [-0.3, -0.25) is 0 Å². The lowest BCUT2D eigenvalue weighted by atomic mass is 9.99. The highest BCUT2D eigenvalue weighted by Gasteiger charge is 2.62. The smallest absolute Gasteiger partial charge is 0.508 e. The van der Waals surface area contributed by atoms with Gasteiger partial charge in [0.1, 0.15) is 17.5 Å². The van der Waals surface area contributed by atoms with Gasteiger partial charge in [-0.1, -0.05) is 0 Å². The van der Waals surface area contributed by atoms with Crippen molar-refractivity contribution in [1.82, 2.24) is 0 Å². The molecule has 21 heavy (non-hydrogen) atoms. The average molecular weight is 325 g/mol. The van der Waals surface area contributed by atoms with E-state index in [-0.39, 0.29) is 6.07 Å². The third-order valence-corrected chi connectivity index (χ3v) is 2.34. The SMILES string of the molecule is N[C@H](c1cc(OC(F)(F)F)ccc1O)C(F)(F)C(F)(F)F. The predicted octanol–water partition coefficient (Wildman–Crippen LogP) is 3.49. The molecule has 0 heterocycles. The van der Waals surface area contributed by atoms with E-state index in [0.29, 0.717) is 12.1 Å². The summed E-state index contributed by atoms with van der Waals surface area (Å²) in [6.07, 6.45) is -11.2. The molecule has 0 aliphatic carbocycles. The first-order valence-corrected chi connectivity index (χ1v) is 5.04. The lowest BCUT2D eigenvalue weighted by molar-refractivity contribution is -0.291. The van der Waals surface area contributed by atoms with Crippen LogP contribution in [0.2, 0.25) is 0 Å². The largest absolute Gasteiger partial charge is 0.573 e. The number of aromatic hydroxyl groups is 1. The van der Waals surface area contributed by atoms with E-state index < -0.39 is 41.6 Å². The Morgan fingerprint density at radius 3 is 1.95 bits per heavy atom. The lowest BCUT2D eigenvalue weighted by Crippen LogP contribution is -2.45. The highest BCUT2D eigenvalue weighted by molar-refractivity contribution is 5.42. The summed E-state index contributed by atoms with van der Waals surface area (Å²) in [6, 6.07) is -1.95. The normalized spacial score (nSPS) is 14.9. The Kier molecular flexibility index (Phi) is 4.28. The van der Waals surface area contributed by atoms with Gasteiger partial charge in [0.25, 0.3) is 0 Å². The fraction of sp³-hybridized carbons (Fsp3) is 0.400. The molecule has 1 rings (SSSR count). The van der Waals surface area contributed by atoms with Crippen molar-refractivity contribution in [2.75, 3.05) is 0 Å². The molecule has 1 aromatic rings. The van der Waals surface area contributed by atoms with Gasteiger partial charge in [0.2, 0.25) is 0 Å². The Morgan fingerprint density at radius 2 is 1.52 bits per heavy atom. The molecule has 0 aliphatic rings. The maximum atomic E-state index is 13.0. The van der Waals surface area contributed by atoms with Crippen LogP contribution in [0.3, 0.4) is 0 Å². The van der Waals surface area contributed by atoms with Crippen molar-refractivity contribution in [1.29, 1.82) is 0 Å². The third kappa shape index (κ3) is 3.86. The fourth-order valence-corrected chi connectivity index (χ4v) is 1.35. The number of nitrogens with two attached hydrogens (primary N) is 1. The minimum Gasteiger partial charge on any atom is -0.508 e. The Morgan fingerprint density at radius 1 is 1.00 bits per heavy atom. The molecule has 0 unspecified atom stereocenters. The van der Waals surface area contributed by atoms with Crippen LogP contribution in [-0.2, 0) is 0 Å². The number of phenols is 1. The number of rotatable bonds is 3. The van der Waals surface area contributed by atoms with Gasteiger partial charge in [-0.15, -0.1) is 13.2 Å². The highest BCUT2D eigenvalue weighted by Crippen LogP contribution is 2.45. The second kappa shape index (κ2) is 5.20. The van der Waals surface area contributed by atoms with Gasteiger partial charge in [0, 0.05) is 5.56 Å². The molecule has 0 spiro atoms. The maximum absolute atomic E-state index is 13.0. The van der Waals surface area contributed by atoms with Crippen LogP contribution in [0.1, 0.15) is 11.6 Å². The molecule has 1 aromatic carbocycles. The minimum atomic E-state index is -6.04. The molecule has 0 amide bonds. The number of ether oxygens (including phenoxy) is 1. The second-order valence-electron chi connectivity index (χ2n) is 3.87. The standard InChI is InChI=1S/C10H7F8NO2/c11-8(12,9(13,14)15)7(19)5-3-4(1-2-6(5)20)21-10(16,17)18/h1-3,7,20H,19H2/t7-/m1/s1. The van der Waals surface area contributed by atoms with E-state index >= 15 is 0 Å². The summed E-state index contributed by atoms with van der Waals surface area (Å²) in [4.78, 5) is 0. The van der Waals surface area contributed by atoms with Crippen molar-refractivity contribution in [2.45, 2.75) is 24.5 Å². The van der Waals surface area contributed by atoms with Gasteiger partial charge in [0.05, 0.1) is 0 Å². The Hall–Kier alpha value is -1.78. The molecule has 0 aliphatic heterocycles. The first-order valence-electron chi connectivity index (χ1n) is 5.04. The monoisotopic (exact) mass is 325 g/mol. The quantitative estimate of drug-likeness (QED) is 0.837. The first kappa shape index (κ1) is 17.3. The van der Waals surface area contributed by atoms with E-state index in [0.717, 1.165) is 0 Å². The van der Waals surface area contributed by atoms with Gasteiger partial charge < -0.3 is 15.6 Å². The van der Waals surface area contributed by atoms with Gasteiger partial charge >= 0.3 is 18.5 Å². The highest BCUT2D eigenvalue weighted by atomic mass is 19.4. The van der Waals surface area contributed by atoms with Gasteiger partial charge in [0.15, 0.2) is 0 Å². The van der Waals surface area contributed by atoms with Gasteiger partial charge in [-0.25, -0.2) is 0 Å². The molecule has 0 aromatic heterocycles. The number of hydrogen-bond acceptors (Lipinski definition) is 3. The lowest BCUT2D eigenvalue weighted by Gasteiger charge is -2.26. The molecule has 120 valence electrons. The topological polar surface area (TPSA) is 55.5 Å². The Bertz CT molecular complexity index is 511. The first-order chi connectivity index (χ1) is 9.25. The van der Waals surface area contributed by atoms with Crippen molar-refractivity contribution < 1.29 is 45.0 Å². The van der Waals surface area contributed by atoms with Crippen LogP contribution in [0, 0.1) is 0 Å². The van der Waals surface area contributed by atoms with E-state index in [4.69, 9.17) is 5.73 Å².